The van der Waals surface area contributed by atoms with Crippen LogP contribution in [0, 0.1) is 0 Å². The van der Waals surface area contributed by atoms with Crippen LogP contribution in [0.5, 0.6) is 0 Å². The summed E-state index contributed by atoms with van der Waals surface area (Å²) in [5.74, 6) is 0. The molecule has 1 aromatic carbocycles. The van der Waals surface area contributed by atoms with E-state index < -0.39 is 0 Å². The predicted molar refractivity (Wildman–Crippen MR) is 90.8 cm³/mol. The molecule has 4 nitrogen and oxygen atoms in total. The summed E-state index contributed by atoms with van der Waals surface area (Å²) < 4.78 is 1.96. The van der Waals surface area contributed by atoms with E-state index in [0.717, 1.165) is 30.2 Å². The van der Waals surface area contributed by atoms with Crippen molar-refractivity contribution < 1.29 is 0 Å². The molecule has 114 valence electrons. The van der Waals surface area contributed by atoms with Gasteiger partial charge in [-0.15, -0.1) is 11.3 Å². The molecule has 2 heterocycles. The Labute approximate surface area is 134 Å². The highest BCUT2D eigenvalue weighted by Gasteiger charge is 2.10. The van der Waals surface area contributed by atoms with Gasteiger partial charge in [0, 0.05) is 29.9 Å². The molecule has 2 aromatic heterocycles. The molecule has 0 aliphatic heterocycles. The average Bonchev–Trinajstić information content (AvgIpc) is 3.24. The first kappa shape index (κ1) is 14.9. The van der Waals surface area contributed by atoms with Crippen LogP contribution < -0.4 is 5.32 Å². The van der Waals surface area contributed by atoms with Crippen molar-refractivity contribution in [2.75, 3.05) is 6.54 Å². The van der Waals surface area contributed by atoms with Crippen molar-refractivity contribution in [3.8, 4) is 11.3 Å². The van der Waals surface area contributed by atoms with E-state index in [1.165, 1.54) is 5.56 Å². The largest absolute Gasteiger partial charge is 0.308 e. The molecule has 0 amide bonds. The lowest BCUT2D eigenvalue weighted by Crippen LogP contribution is -2.21. The number of rotatable bonds is 7. The van der Waals surface area contributed by atoms with Crippen molar-refractivity contribution in [1.82, 2.24) is 20.1 Å². The van der Waals surface area contributed by atoms with E-state index >= 15 is 0 Å². The first-order valence-corrected chi connectivity index (χ1v) is 8.42. The van der Waals surface area contributed by atoms with Crippen molar-refractivity contribution in [2.45, 2.75) is 25.9 Å². The average molecular weight is 312 g/mol. The zero-order chi connectivity index (χ0) is 15.2. The third-order valence-corrected chi connectivity index (χ3v) is 4.56. The standard InChI is InChI=1S/C17H20N4S/c1-14(18-9-5-11-21-12-6-10-19-21)17-20-16(13-22-17)15-7-3-2-4-8-15/h2-4,6-8,10,12-14,18H,5,9,11H2,1H3/t14-/m1/s1. The fraction of sp³-hybridized carbons (Fsp3) is 0.294. The molecule has 1 N–H and O–H groups in total. The SMILES string of the molecule is C[C@@H](NCCCn1cccn1)c1nc(-c2ccccc2)cs1. The van der Waals surface area contributed by atoms with Crippen LogP contribution in [0.1, 0.15) is 24.4 Å². The molecule has 0 saturated carbocycles. The number of aromatic nitrogens is 3. The van der Waals surface area contributed by atoms with E-state index in [2.05, 4.69) is 34.9 Å². The summed E-state index contributed by atoms with van der Waals surface area (Å²) in [6.07, 6.45) is 4.87. The number of benzene rings is 1. The summed E-state index contributed by atoms with van der Waals surface area (Å²) in [5, 5.41) is 11.0. The normalized spacial score (nSPS) is 12.4. The van der Waals surface area contributed by atoms with Gasteiger partial charge < -0.3 is 5.32 Å². The van der Waals surface area contributed by atoms with Gasteiger partial charge in [-0.3, -0.25) is 4.68 Å². The fourth-order valence-electron chi connectivity index (χ4n) is 2.31. The Kier molecular flexibility index (Phi) is 4.98. The lowest BCUT2D eigenvalue weighted by atomic mass is 10.2. The Morgan fingerprint density at radius 3 is 2.86 bits per heavy atom. The predicted octanol–water partition coefficient (Wildman–Crippen LogP) is 3.75. The first-order valence-electron chi connectivity index (χ1n) is 7.54. The van der Waals surface area contributed by atoms with Crippen molar-refractivity contribution in [3.63, 3.8) is 0 Å². The Balaban J connectivity index is 1.50. The lowest BCUT2D eigenvalue weighted by Gasteiger charge is -2.11. The molecule has 0 unspecified atom stereocenters. The third kappa shape index (κ3) is 3.81. The second kappa shape index (κ2) is 7.33. The highest BCUT2D eigenvalue weighted by Crippen LogP contribution is 2.25. The Morgan fingerprint density at radius 1 is 1.23 bits per heavy atom. The minimum atomic E-state index is 0.278. The van der Waals surface area contributed by atoms with Gasteiger partial charge >= 0.3 is 0 Å². The number of thiazole rings is 1. The number of nitrogens with zero attached hydrogens (tertiary/aromatic N) is 3. The van der Waals surface area contributed by atoms with Crippen LogP contribution >= 0.6 is 11.3 Å². The quantitative estimate of drug-likeness (QED) is 0.676. The van der Waals surface area contributed by atoms with E-state index in [1.54, 1.807) is 11.3 Å². The molecular formula is C17H20N4S. The zero-order valence-electron chi connectivity index (χ0n) is 12.6. The molecule has 5 heteroatoms. The van der Waals surface area contributed by atoms with Gasteiger partial charge in [0.15, 0.2) is 0 Å². The number of nitrogens with one attached hydrogen (secondary N) is 1. The molecule has 0 aliphatic carbocycles. The van der Waals surface area contributed by atoms with Crippen molar-refractivity contribution in [3.05, 3.63) is 59.2 Å². The Hall–Kier alpha value is -1.98. The summed E-state index contributed by atoms with van der Waals surface area (Å²) in [6.45, 7) is 4.07. The van der Waals surface area contributed by atoms with E-state index in [-0.39, 0.29) is 6.04 Å². The number of hydrogen-bond donors (Lipinski definition) is 1. The van der Waals surface area contributed by atoms with Gasteiger partial charge in [-0.05, 0) is 26.0 Å². The summed E-state index contributed by atoms with van der Waals surface area (Å²) in [5.41, 5.74) is 2.24. The van der Waals surface area contributed by atoms with Crippen LogP contribution in [0.4, 0.5) is 0 Å². The smallest absolute Gasteiger partial charge is 0.110 e. The van der Waals surface area contributed by atoms with E-state index in [4.69, 9.17) is 4.98 Å². The summed E-state index contributed by atoms with van der Waals surface area (Å²) in [6, 6.07) is 12.6. The summed E-state index contributed by atoms with van der Waals surface area (Å²) >= 11 is 1.72. The lowest BCUT2D eigenvalue weighted by molar-refractivity contribution is 0.506. The third-order valence-electron chi connectivity index (χ3n) is 3.54. The van der Waals surface area contributed by atoms with E-state index in [1.807, 2.05) is 41.3 Å². The second-order valence-electron chi connectivity index (χ2n) is 5.24. The van der Waals surface area contributed by atoms with Gasteiger partial charge in [0.2, 0.25) is 0 Å². The van der Waals surface area contributed by atoms with Crippen molar-refractivity contribution >= 4 is 11.3 Å². The van der Waals surface area contributed by atoms with Gasteiger partial charge in [-0.1, -0.05) is 30.3 Å². The molecule has 0 radical (unpaired) electrons. The zero-order valence-corrected chi connectivity index (χ0v) is 13.5. The monoisotopic (exact) mass is 312 g/mol. The first-order chi connectivity index (χ1) is 10.8. The molecule has 0 bridgehead atoms. The van der Waals surface area contributed by atoms with Crippen molar-refractivity contribution in [2.24, 2.45) is 0 Å². The van der Waals surface area contributed by atoms with Gasteiger partial charge in [0.25, 0.3) is 0 Å². The fourth-order valence-corrected chi connectivity index (χ4v) is 3.17. The maximum Gasteiger partial charge on any atom is 0.110 e. The number of aryl methyl sites for hydroxylation is 1. The highest BCUT2D eigenvalue weighted by atomic mass is 32.1. The molecule has 0 spiro atoms. The van der Waals surface area contributed by atoms with Crippen LogP contribution in [-0.2, 0) is 6.54 Å². The molecule has 3 aromatic rings. The van der Waals surface area contributed by atoms with Crippen LogP contribution in [0.25, 0.3) is 11.3 Å². The van der Waals surface area contributed by atoms with Gasteiger partial charge in [0.05, 0.1) is 11.7 Å². The van der Waals surface area contributed by atoms with Crippen LogP contribution in [0.15, 0.2) is 54.2 Å². The van der Waals surface area contributed by atoms with Gasteiger partial charge in [-0.25, -0.2) is 4.98 Å². The van der Waals surface area contributed by atoms with E-state index in [0.29, 0.717) is 0 Å². The maximum atomic E-state index is 4.75. The maximum absolute atomic E-state index is 4.75. The van der Waals surface area contributed by atoms with E-state index in [9.17, 15) is 0 Å². The molecule has 1 atom stereocenters. The Bertz CT molecular complexity index is 676. The summed E-state index contributed by atoms with van der Waals surface area (Å²) in [4.78, 5) is 4.75. The molecule has 0 fully saturated rings. The Morgan fingerprint density at radius 2 is 2.09 bits per heavy atom. The molecule has 3 rings (SSSR count). The second-order valence-corrected chi connectivity index (χ2v) is 6.13. The van der Waals surface area contributed by atoms with Gasteiger partial charge in [-0.2, -0.15) is 5.10 Å². The van der Waals surface area contributed by atoms with Crippen molar-refractivity contribution in [1.29, 1.82) is 0 Å². The highest BCUT2D eigenvalue weighted by molar-refractivity contribution is 7.10. The van der Waals surface area contributed by atoms with Crippen LogP contribution in [0.3, 0.4) is 0 Å². The molecular weight excluding hydrogens is 292 g/mol. The minimum absolute atomic E-state index is 0.278. The minimum Gasteiger partial charge on any atom is -0.308 e. The van der Waals surface area contributed by atoms with Crippen LogP contribution in [0.2, 0.25) is 0 Å². The van der Waals surface area contributed by atoms with Gasteiger partial charge in [0.1, 0.15) is 5.01 Å². The molecule has 0 saturated heterocycles. The van der Waals surface area contributed by atoms with Crippen LogP contribution in [-0.4, -0.2) is 21.3 Å². The molecule has 22 heavy (non-hydrogen) atoms. The number of hydrogen-bond acceptors (Lipinski definition) is 4. The molecule has 0 aliphatic rings. The topological polar surface area (TPSA) is 42.7 Å². The summed E-state index contributed by atoms with van der Waals surface area (Å²) in [7, 11) is 0.